The summed E-state index contributed by atoms with van der Waals surface area (Å²) in [6, 6.07) is 1.02. The second-order valence-electron chi connectivity index (χ2n) is 17.8. The molecular formula is C47H69N7O13. The number of aliphatic carboxylic acids is 4. The van der Waals surface area contributed by atoms with Crippen LogP contribution in [-0.2, 0) is 43.1 Å². The van der Waals surface area contributed by atoms with Gasteiger partial charge in [-0.3, -0.25) is 62.9 Å². The number of likely N-dealkylation sites (tertiary alicyclic amines) is 1. The third-order valence-electron chi connectivity index (χ3n) is 12.8. The largest absolute Gasteiger partial charge is 0.481 e. The topological polar surface area (TPSA) is 268 Å². The molecule has 5 N–H and O–H groups in total. The van der Waals surface area contributed by atoms with Crippen molar-refractivity contribution >= 4 is 47.3 Å². The zero-order chi connectivity index (χ0) is 48.7. The summed E-state index contributed by atoms with van der Waals surface area (Å²) in [6.07, 6.45) is 7.42. The van der Waals surface area contributed by atoms with Gasteiger partial charge >= 0.3 is 29.8 Å². The van der Waals surface area contributed by atoms with Crippen LogP contribution in [-0.4, -0.2) is 208 Å². The Morgan fingerprint density at radius 3 is 1.93 bits per heavy atom. The minimum atomic E-state index is -1.06. The van der Waals surface area contributed by atoms with Crippen molar-refractivity contribution < 1.29 is 63.5 Å². The van der Waals surface area contributed by atoms with Crippen molar-refractivity contribution in [1.29, 1.82) is 0 Å². The molecule has 1 aromatic rings. The van der Waals surface area contributed by atoms with Crippen LogP contribution in [0.15, 0.2) is 18.5 Å². The lowest BCUT2D eigenvalue weighted by molar-refractivity contribution is -0.145. The maximum Gasteiger partial charge on any atom is 0.317 e. The van der Waals surface area contributed by atoms with Gasteiger partial charge in [0.25, 0.3) is 0 Å². The van der Waals surface area contributed by atoms with E-state index in [1.54, 1.807) is 32.6 Å². The lowest BCUT2D eigenvalue weighted by Gasteiger charge is -2.35. The van der Waals surface area contributed by atoms with Gasteiger partial charge in [-0.05, 0) is 69.7 Å². The molecule has 1 unspecified atom stereocenters. The smallest absolute Gasteiger partial charge is 0.317 e. The van der Waals surface area contributed by atoms with E-state index < -0.39 is 41.8 Å². The number of hydrogen-bond donors (Lipinski definition) is 5. The van der Waals surface area contributed by atoms with E-state index >= 15 is 0 Å². The summed E-state index contributed by atoms with van der Waals surface area (Å²) < 4.78 is 5.34. The van der Waals surface area contributed by atoms with Crippen molar-refractivity contribution in [3.05, 3.63) is 29.6 Å². The van der Waals surface area contributed by atoms with Gasteiger partial charge in [-0.1, -0.05) is 11.8 Å². The van der Waals surface area contributed by atoms with Crippen LogP contribution in [0.3, 0.4) is 0 Å². The maximum absolute atomic E-state index is 13.6. The number of esters is 1. The number of carboxylic acids is 4. The number of carboxylic acid groups (broad SMARTS) is 4. The van der Waals surface area contributed by atoms with E-state index in [2.05, 4.69) is 22.1 Å². The molecule has 3 saturated heterocycles. The molecule has 0 spiro atoms. The zero-order valence-electron chi connectivity index (χ0n) is 38.8. The van der Waals surface area contributed by atoms with Crippen molar-refractivity contribution in [2.24, 2.45) is 11.8 Å². The molecule has 3 aliphatic rings. The Morgan fingerprint density at radius 1 is 0.746 bits per heavy atom. The van der Waals surface area contributed by atoms with E-state index in [1.807, 2.05) is 4.90 Å². The van der Waals surface area contributed by atoms with Crippen molar-refractivity contribution in [3.8, 4) is 11.8 Å². The number of ether oxygens (including phenoxy) is 1. The quantitative estimate of drug-likeness (QED) is 0.0619. The molecule has 67 heavy (non-hydrogen) atoms. The Hall–Kier alpha value is -5.33. The molecule has 4 heterocycles. The number of carbonyl (C=O) groups is 8. The molecule has 3 fully saturated rings. The maximum atomic E-state index is 13.6. The van der Waals surface area contributed by atoms with E-state index in [0.29, 0.717) is 49.4 Å². The van der Waals surface area contributed by atoms with Crippen LogP contribution in [0.4, 0.5) is 0 Å². The van der Waals surface area contributed by atoms with Crippen LogP contribution in [0.25, 0.3) is 0 Å². The fraction of sp³-hybridized carbons (Fsp3) is 0.681. The minimum Gasteiger partial charge on any atom is -0.481 e. The Bertz CT molecular complexity index is 1880. The summed E-state index contributed by atoms with van der Waals surface area (Å²) in [4.78, 5) is 112. The molecule has 0 radical (unpaired) electrons. The minimum absolute atomic E-state index is 0.00473. The van der Waals surface area contributed by atoms with Crippen LogP contribution in [0.2, 0.25) is 0 Å². The van der Waals surface area contributed by atoms with Crippen molar-refractivity contribution in [3.63, 3.8) is 0 Å². The van der Waals surface area contributed by atoms with E-state index in [9.17, 15) is 58.8 Å². The Kier molecular flexibility index (Phi) is 23.3. The summed E-state index contributed by atoms with van der Waals surface area (Å²) in [5.74, 6) is 0.334. The van der Waals surface area contributed by atoms with Crippen LogP contribution in [0.5, 0.6) is 0 Å². The van der Waals surface area contributed by atoms with Crippen LogP contribution >= 0.6 is 0 Å². The number of pyridine rings is 1. The third-order valence-corrected chi connectivity index (χ3v) is 12.8. The predicted octanol–water partition coefficient (Wildman–Crippen LogP) is 1.12. The Labute approximate surface area is 392 Å². The number of nitrogens with zero attached hydrogens (tertiary/aromatic N) is 6. The standard InChI is InChI=1S/C47H69N7O13/c1-34(53-22-20-51(32-45(62)63)18-16-50(31-44(60)61)17-19-52(21-23-53)33-46(64)65)40(55)8-10-47(66)67-24-3-2-5-36-25-39(29-49-28-36)38(27-43(58)59)26-41(56)37-6-4-15-54(30-37)42(57)9-7-35-11-13-48-14-12-35/h25,28-29,34-35,37-38,48H,3-4,6-24,26-27,30-33H2,1H3,(H,58,59)(H,60,61)(H,62,63)(H,64,65)/t34?,37-,38+/m1/s1. The summed E-state index contributed by atoms with van der Waals surface area (Å²) in [6.45, 7) is 5.69. The van der Waals surface area contributed by atoms with Gasteiger partial charge in [-0.15, -0.1) is 0 Å². The lowest BCUT2D eigenvalue weighted by Crippen LogP contribution is -2.51. The van der Waals surface area contributed by atoms with Crippen molar-refractivity contribution in [2.45, 2.75) is 89.5 Å². The molecule has 20 nitrogen and oxygen atoms in total. The number of carbonyl (C=O) groups excluding carboxylic acids is 4. The molecule has 1 aromatic heterocycles. The fourth-order valence-corrected chi connectivity index (χ4v) is 8.88. The molecule has 3 atom stereocenters. The highest BCUT2D eigenvalue weighted by atomic mass is 16.5. The van der Waals surface area contributed by atoms with Crippen molar-refractivity contribution in [2.75, 3.05) is 105 Å². The second kappa shape index (κ2) is 28.8. The summed E-state index contributed by atoms with van der Waals surface area (Å²) >= 11 is 0. The monoisotopic (exact) mass is 939 g/mol. The summed E-state index contributed by atoms with van der Waals surface area (Å²) in [5, 5.41) is 41.5. The first kappa shape index (κ1) is 54.3. The number of amides is 1. The Morgan fingerprint density at radius 2 is 1.34 bits per heavy atom. The molecule has 4 rings (SSSR count). The number of ketones is 2. The van der Waals surface area contributed by atoms with Gasteiger partial charge in [0, 0.05) is 121 Å². The molecule has 3 aliphatic heterocycles. The van der Waals surface area contributed by atoms with Crippen LogP contribution in [0.1, 0.15) is 94.6 Å². The average molecular weight is 940 g/mol. The predicted molar refractivity (Wildman–Crippen MR) is 243 cm³/mol. The van der Waals surface area contributed by atoms with E-state index in [-0.39, 0.29) is 134 Å². The first-order valence-corrected chi connectivity index (χ1v) is 23.5. The average Bonchev–Trinajstić information content (AvgIpc) is 3.29. The first-order valence-electron chi connectivity index (χ1n) is 23.5. The molecule has 1 amide bonds. The number of rotatable bonds is 22. The Balaban J connectivity index is 1.26. The third kappa shape index (κ3) is 20.6. The molecule has 0 saturated carbocycles. The number of Topliss-reactive ketones (excluding diaryl/α,β-unsaturated/α-hetero) is 2. The SMILES string of the molecule is CC(C(=O)CCC(=O)OCCC#Cc1cncc([C@H](CC(=O)O)CC(=O)[C@@H]2CCCN(C(=O)CCC3CCNCC3)C2)c1)N1CCN(CC(=O)O)CCN(CC(=O)O)CCN(CC(=O)O)CC1. The molecule has 20 heteroatoms. The van der Waals surface area contributed by atoms with Gasteiger partial charge < -0.3 is 35.4 Å². The van der Waals surface area contributed by atoms with Gasteiger partial charge in [-0.2, -0.15) is 0 Å². The molecular weight excluding hydrogens is 871 g/mol. The highest BCUT2D eigenvalue weighted by molar-refractivity contribution is 5.87. The number of hydrogen-bond acceptors (Lipinski definition) is 15. The van der Waals surface area contributed by atoms with Gasteiger partial charge in [-0.25, -0.2) is 0 Å². The molecule has 0 bridgehead atoms. The first-order chi connectivity index (χ1) is 32.1. The summed E-state index contributed by atoms with van der Waals surface area (Å²) in [7, 11) is 0. The van der Waals surface area contributed by atoms with Crippen LogP contribution in [0, 0.1) is 23.7 Å². The lowest BCUT2D eigenvalue weighted by atomic mass is 9.84. The molecule has 0 aliphatic carbocycles. The number of piperidine rings is 2. The van der Waals surface area contributed by atoms with Gasteiger partial charge in [0.15, 0.2) is 0 Å². The number of nitrogens with one attached hydrogen (secondary N) is 1. The van der Waals surface area contributed by atoms with E-state index in [0.717, 1.165) is 32.4 Å². The molecule has 0 aromatic carbocycles. The van der Waals surface area contributed by atoms with Crippen molar-refractivity contribution in [1.82, 2.24) is 34.8 Å². The summed E-state index contributed by atoms with van der Waals surface area (Å²) in [5.41, 5.74) is 1.05. The highest BCUT2D eigenvalue weighted by Crippen LogP contribution is 2.29. The normalized spacial score (nSPS) is 19.7. The zero-order valence-corrected chi connectivity index (χ0v) is 38.8. The molecule has 370 valence electrons. The number of aromatic nitrogens is 1. The van der Waals surface area contributed by atoms with Gasteiger partial charge in [0.05, 0.1) is 38.5 Å². The van der Waals surface area contributed by atoms with E-state index in [1.165, 1.54) is 12.4 Å². The van der Waals surface area contributed by atoms with Gasteiger partial charge in [0.1, 0.15) is 18.2 Å². The fourth-order valence-electron chi connectivity index (χ4n) is 8.88. The second-order valence-corrected chi connectivity index (χ2v) is 17.8. The van der Waals surface area contributed by atoms with E-state index in [4.69, 9.17) is 4.74 Å². The highest BCUT2D eigenvalue weighted by Gasteiger charge is 2.31. The van der Waals surface area contributed by atoms with Crippen LogP contribution < -0.4 is 5.32 Å². The van der Waals surface area contributed by atoms with Gasteiger partial charge in [0.2, 0.25) is 5.91 Å².